The largest absolute Gasteiger partial charge is 0.461 e. The quantitative estimate of drug-likeness (QED) is 0.372. The maximum atomic E-state index is 13.0. The Morgan fingerprint density at radius 1 is 1.03 bits per heavy atom. The fraction of sp³-hybridized carbons (Fsp3) is 0.478. The summed E-state index contributed by atoms with van der Waals surface area (Å²) in [5, 5.41) is 11.3. The highest BCUT2D eigenvalue weighted by atomic mass is 32.2. The first kappa shape index (κ1) is 29.7. The number of carbonyl (C=O) groups is 2. The number of aliphatic hydroxyl groups excluding tert-OH is 1. The number of esters is 2. The molecule has 10 nitrogen and oxygen atoms in total. The van der Waals surface area contributed by atoms with Gasteiger partial charge in [0.2, 0.25) is 0 Å². The smallest absolute Gasteiger partial charge is 0.340 e. The predicted octanol–water partition coefficient (Wildman–Crippen LogP) is 1.42. The van der Waals surface area contributed by atoms with Crippen molar-refractivity contribution in [1.29, 1.82) is 0 Å². The van der Waals surface area contributed by atoms with Crippen molar-refractivity contribution in [2.45, 2.75) is 18.9 Å². The molecule has 0 aromatic carbocycles. The van der Waals surface area contributed by atoms with Crippen LogP contribution in [0.4, 0.5) is 0 Å². The fourth-order valence-electron chi connectivity index (χ4n) is 3.22. The lowest BCUT2D eigenvalue weighted by atomic mass is 9.96. The van der Waals surface area contributed by atoms with Crippen LogP contribution in [-0.4, -0.2) is 89.7 Å². The Morgan fingerprint density at radius 2 is 1.61 bits per heavy atom. The Kier molecular flexibility index (Phi) is 10.9. The van der Waals surface area contributed by atoms with Crippen LogP contribution >= 0.6 is 11.3 Å². The average molecular weight is 562 g/mol. The van der Waals surface area contributed by atoms with Crippen LogP contribution in [0.1, 0.15) is 23.8 Å². The van der Waals surface area contributed by atoms with Crippen molar-refractivity contribution >= 4 is 42.9 Å². The number of hydrogen-bond donors (Lipinski definition) is 1. The third-order valence-electron chi connectivity index (χ3n) is 5.04. The molecule has 2 heterocycles. The second kappa shape index (κ2) is 13.2. The molecule has 200 valence electrons. The summed E-state index contributed by atoms with van der Waals surface area (Å²) in [5.41, 5.74) is 0.332. The van der Waals surface area contributed by atoms with Crippen molar-refractivity contribution in [1.82, 2.24) is 4.90 Å². The Labute approximate surface area is 215 Å². The molecule has 1 atom stereocenters. The summed E-state index contributed by atoms with van der Waals surface area (Å²) in [6.07, 6.45) is 7.62. The molecule has 1 aromatic rings. The zero-order valence-electron chi connectivity index (χ0n) is 20.4. The van der Waals surface area contributed by atoms with Crippen molar-refractivity contribution < 1.29 is 41.0 Å². The van der Waals surface area contributed by atoms with Crippen molar-refractivity contribution in [3.05, 3.63) is 57.5 Å². The highest BCUT2D eigenvalue weighted by Gasteiger charge is 2.28. The molecule has 1 aliphatic heterocycles. The van der Waals surface area contributed by atoms with Crippen LogP contribution in [0.25, 0.3) is 0 Å². The van der Waals surface area contributed by atoms with Gasteiger partial charge in [-0.3, -0.25) is 0 Å². The van der Waals surface area contributed by atoms with E-state index in [1.807, 2.05) is 23.6 Å². The Balaban J connectivity index is 2.51. The first-order valence-corrected chi connectivity index (χ1v) is 16.0. The molecular weight excluding hydrogens is 530 g/mol. The third-order valence-corrected chi connectivity index (χ3v) is 7.80. The van der Waals surface area contributed by atoms with Gasteiger partial charge >= 0.3 is 11.9 Å². The van der Waals surface area contributed by atoms with Gasteiger partial charge in [0, 0.05) is 37.2 Å². The number of hydrogen-bond acceptors (Lipinski definition) is 11. The second-order valence-corrected chi connectivity index (χ2v) is 13.8. The summed E-state index contributed by atoms with van der Waals surface area (Å²) >= 11 is 1.50. The Morgan fingerprint density at radius 3 is 2.11 bits per heavy atom. The van der Waals surface area contributed by atoms with Gasteiger partial charge in [-0.15, -0.1) is 11.3 Å². The van der Waals surface area contributed by atoms with E-state index >= 15 is 0 Å². The van der Waals surface area contributed by atoms with Gasteiger partial charge in [-0.2, -0.15) is 0 Å². The van der Waals surface area contributed by atoms with E-state index < -0.39 is 50.6 Å². The van der Waals surface area contributed by atoms with E-state index in [4.69, 9.17) is 9.47 Å². The van der Waals surface area contributed by atoms with E-state index in [2.05, 4.69) is 0 Å². The number of rotatable bonds is 12. The number of likely N-dealkylation sites (N-methyl/N-ethyl adjacent to an activating group) is 1. The van der Waals surface area contributed by atoms with E-state index in [9.17, 15) is 31.5 Å². The van der Waals surface area contributed by atoms with Crippen LogP contribution in [0.5, 0.6) is 0 Å². The zero-order chi connectivity index (χ0) is 26.9. The molecule has 1 aliphatic rings. The summed E-state index contributed by atoms with van der Waals surface area (Å²) in [6, 6.07) is 3.52. The van der Waals surface area contributed by atoms with Crippen LogP contribution in [0.3, 0.4) is 0 Å². The summed E-state index contributed by atoms with van der Waals surface area (Å²) in [5.74, 6) is -2.63. The minimum absolute atomic E-state index is 0.0882. The van der Waals surface area contributed by atoms with Crippen LogP contribution in [0, 0.1) is 0 Å². The Hall–Kier alpha value is -2.48. The molecule has 0 amide bonds. The molecule has 1 N–H and O–H groups in total. The number of thiophene rings is 1. The van der Waals surface area contributed by atoms with Crippen molar-refractivity contribution in [2.24, 2.45) is 0 Å². The number of nitrogens with zero attached hydrogens (tertiary/aromatic N) is 1. The van der Waals surface area contributed by atoms with Gasteiger partial charge in [-0.25, -0.2) is 26.4 Å². The van der Waals surface area contributed by atoms with Gasteiger partial charge in [0.1, 0.15) is 13.2 Å². The molecule has 0 spiro atoms. The van der Waals surface area contributed by atoms with Gasteiger partial charge in [-0.05, 0) is 35.9 Å². The van der Waals surface area contributed by atoms with E-state index in [0.29, 0.717) is 18.4 Å². The maximum absolute atomic E-state index is 13.0. The van der Waals surface area contributed by atoms with E-state index in [-0.39, 0.29) is 29.5 Å². The maximum Gasteiger partial charge on any atom is 0.340 e. The van der Waals surface area contributed by atoms with Gasteiger partial charge in [0.15, 0.2) is 19.7 Å². The summed E-state index contributed by atoms with van der Waals surface area (Å²) < 4.78 is 56.1. The first-order valence-electron chi connectivity index (χ1n) is 11.0. The highest BCUT2D eigenvalue weighted by Crippen LogP contribution is 2.32. The van der Waals surface area contributed by atoms with Crippen LogP contribution < -0.4 is 0 Å². The summed E-state index contributed by atoms with van der Waals surface area (Å²) in [4.78, 5) is 28.7. The lowest BCUT2D eigenvalue weighted by Crippen LogP contribution is -2.26. The van der Waals surface area contributed by atoms with Crippen LogP contribution in [-0.2, 0) is 38.7 Å². The van der Waals surface area contributed by atoms with Crippen molar-refractivity contribution in [2.75, 3.05) is 50.9 Å². The van der Waals surface area contributed by atoms with Crippen LogP contribution in [0.15, 0.2) is 52.6 Å². The van der Waals surface area contributed by atoms with E-state index in [1.54, 1.807) is 11.9 Å². The molecule has 0 radical (unpaired) electrons. The molecule has 0 bridgehead atoms. The topological polar surface area (TPSA) is 144 Å². The standard InChI is InChI=1S/C23H31NO9S3/c1-24-16-19(23(27)33-10-13-36(3,30)31)18(22(26)32-9-12-35(2,28)29)14-17(6-4-8-25)15-20(24)21-7-5-11-34-21/h5,7,11,14-16,20,25H,4,6,8-10,12-13H2,1-3H3. The number of sulfone groups is 2. The average Bonchev–Trinajstić information content (AvgIpc) is 3.28. The predicted molar refractivity (Wildman–Crippen MR) is 137 cm³/mol. The molecule has 36 heavy (non-hydrogen) atoms. The minimum atomic E-state index is -3.39. The number of allylic oxidation sites excluding steroid dienone is 2. The Bertz CT molecular complexity index is 1230. The number of carbonyl (C=O) groups excluding carboxylic acids is 2. The molecule has 0 saturated heterocycles. The summed E-state index contributed by atoms with van der Waals surface area (Å²) in [6.45, 7) is -0.902. The second-order valence-electron chi connectivity index (χ2n) is 8.33. The highest BCUT2D eigenvalue weighted by molar-refractivity contribution is 7.90. The number of ether oxygens (including phenoxy) is 2. The normalized spacial score (nSPS) is 16.8. The summed E-state index contributed by atoms with van der Waals surface area (Å²) in [7, 11) is -5.06. The van der Waals surface area contributed by atoms with Gasteiger partial charge in [-0.1, -0.05) is 12.1 Å². The van der Waals surface area contributed by atoms with Crippen molar-refractivity contribution in [3.63, 3.8) is 0 Å². The zero-order valence-corrected chi connectivity index (χ0v) is 22.8. The molecular formula is C23H31NO9S3. The molecule has 0 aliphatic carbocycles. The minimum Gasteiger partial charge on any atom is -0.461 e. The van der Waals surface area contributed by atoms with Crippen LogP contribution in [0.2, 0.25) is 0 Å². The monoisotopic (exact) mass is 561 g/mol. The van der Waals surface area contributed by atoms with Crippen molar-refractivity contribution in [3.8, 4) is 0 Å². The molecule has 0 saturated carbocycles. The number of aliphatic hydroxyl groups is 1. The van der Waals surface area contributed by atoms with E-state index in [1.165, 1.54) is 23.6 Å². The lowest BCUT2D eigenvalue weighted by Gasteiger charge is -2.27. The SMILES string of the molecule is CN1C=C(C(=O)OCCS(C)(=O)=O)C(C(=O)OCCS(C)(=O)=O)=CC(CCCO)=CC1c1cccs1. The molecule has 1 unspecified atom stereocenters. The first-order chi connectivity index (χ1) is 16.8. The van der Waals surface area contributed by atoms with Gasteiger partial charge in [0.05, 0.1) is 28.7 Å². The molecule has 2 rings (SSSR count). The van der Waals surface area contributed by atoms with Gasteiger partial charge < -0.3 is 19.5 Å². The third kappa shape index (κ3) is 9.88. The molecule has 13 heteroatoms. The van der Waals surface area contributed by atoms with Gasteiger partial charge in [0.25, 0.3) is 0 Å². The lowest BCUT2D eigenvalue weighted by molar-refractivity contribution is -0.142. The fourth-order valence-corrected chi connectivity index (χ4v) is 4.84. The molecule has 0 fully saturated rings. The molecule has 1 aromatic heterocycles. The van der Waals surface area contributed by atoms with E-state index in [0.717, 1.165) is 17.4 Å².